The van der Waals surface area contributed by atoms with Gasteiger partial charge < -0.3 is 5.73 Å². The Labute approximate surface area is 78.4 Å². The molecule has 2 nitrogen and oxygen atoms in total. The summed E-state index contributed by atoms with van der Waals surface area (Å²) in [7, 11) is -0.813. The van der Waals surface area contributed by atoms with Crippen molar-refractivity contribution in [3.05, 3.63) is 0 Å². The number of nitrogens with two attached hydrogens (primary N) is 1. The summed E-state index contributed by atoms with van der Waals surface area (Å²) >= 11 is 0. The molecule has 0 aromatic heterocycles. The van der Waals surface area contributed by atoms with Crippen LogP contribution in [0.3, 0.4) is 0 Å². The smallest absolute Gasteiger partial charge is 0.0394 e. The molecule has 0 rings (SSSR count). The summed E-state index contributed by atoms with van der Waals surface area (Å²) in [6.45, 7) is 10.1. The van der Waals surface area contributed by atoms with E-state index in [4.69, 9.17) is 5.73 Å². The second-order valence-electron chi connectivity index (χ2n) is 4.53. The summed E-state index contributed by atoms with van der Waals surface area (Å²) < 4.78 is 11.5. The van der Waals surface area contributed by atoms with Gasteiger partial charge in [-0.1, -0.05) is 13.8 Å². The Morgan fingerprint density at radius 3 is 2.00 bits per heavy atom. The van der Waals surface area contributed by atoms with Crippen LogP contribution in [-0.2, 0) is 10.8 Å². The van der Waals surface area contributed by atoms with Gasteiger partial charge in [0.15, 0.2) is 0 Å². The van der Waals surface area contributed by atoms with E-state index in [1.54, 1.807) is 0 Å². The maximum atomic E-state index is 11.6. The van der Waals surface area contributed by atoms with Crippen LogP contribution in [0.25, 0.3) is 0 Å². The summed E-state index contributed by atoms with van der Waals surface area (Å²) in [4.78, 5) is 0. The zero-order chi connectivity index (χ0) is 9.94. The van der Waals surface area contributed by atoms with Crippen LogP contribution in [0, 0.1) is 5.92 Å². The molecule has 74 valence electrons. The Kier molecular flexibility index (Phi) is 4.42. The van der Waals surface area contributed by atoms with Crippen molar-refractivity contribution in [2.45, 2.75) is 45.4 Å². The van der Waals surface area contributed by atoms with Crippen molar-refractivity contribution in [3.8, 4) is 0 Å². The van der Waals surface area contributed by atoms with Crippen molar-refractivity contribution in [1.29, 1.82) is 0 Å². The van der Waals surface area contributed by atoms with Gasteiger partial charge in [0, 0.05) is 27.3 Å². The third-order valence-electron chi connectivity index (χ3n) is 1.88. The van der Waals surface area contributed by atoms with E-state index in [-0.39, 0.29) is 10.8 Å². The molecule has 0 saturated heterocycles. The molecule has 0 aromatic carbocycles. The normalized spacial score (nSPS) is 17.9. The molecule has 0 aliphatic heterocycles. The van der Waals surface area contributed by atoms with Crippen LogP contribution in [0.4, 0.5) is 0 Å². The highest BCUT2D eigenvalue weighted by molar-refractivity contribution is 7.86. The second kappa shape index (κ2) is 4.38. The van der Waals surface area contributed by atoms with E-state index in [1.807, 2.05) is 20.8 Å². The zero-order valence-corrected chi connectivity index (χ0v) is 9.57. The van der Waals surface area contributed by atoms with Gasteiger partial charge in [-0.15, -0.1) is 0 Å². The molecular formula is C9H21NOS. The van der Waals surface area contributed by atoms with Crippen molar-refractivity contribution in [2.24, 2.45) is 11.7 Å². The molecule has 2 unspecified atom stereocenters. The van der Waals surface area contributed by atoms with E-state index in [0.29, 0.717) is 11.7 Å². The average Bonchev–Trinajstić information content (AvgIpc) is 1.85. The van der Waals surface area contributed by atoms with Crippen LogP contribution in [0.2, 0.25) is 0 Å². The molecule has 12 heavy (non-hydrogen) atoms. The molecule has 0 saturated carbocycles. The molecule has 0 aromatic rings. The minimum absolute atomic E-state index is 0.0602. The Morgan fingerprint density at radius 1 is 1.33 bits per heavy atom. The molecule has 0 heterocycles. The van der Waals surface area contributed by atoms with Gasteiger partial charge in [-0.05, 0) is 26.7 Å². The predicted octanol–water partition coefficient (Wildman–Crippen LogP) is 1.52. The molecule has 0 aliphatic carbocycles. The largest absolute Gasteiger partial charge is 0.327 e. The van der Waals surface area contributed by atoms with Crippen molar-refractivity contribution in [3.63, 3.8) is 0 Å². The fourth-order valence-electron chi connectivity index (χ4n) is 0.617. The predicted molar refractivity (Wildman–Crippen MR) is 55.6 cm³/mol. The first-order valence-electron chi connectivity index (χ1n) is 4.39. The molecule has 0 fully saturated rings. The van der Waals surface area contributed by atoms with Crippen molar-refractivity contribution in [1.82, 2.24) is 0 Å². The minimum Gasteiger partial charge on any atom is -0.327 e. The van der Waals surface area contributed by atoms with E-state index in [1.165, 1.54) is 0 Å². The summed E-state index contributed by atoms with van der Waals surface area (Å²) in [5, 5.41) is 0. The lowest BCUT2D eigenvalue weighted by Crippen LogP contribution is -2.37. The van der Waals surface area contributed by atoms with Crippen LogP contribution in [0.1, 0.15) is 34.6 Å². The molecule has 0 radical (unpaired) electrons. The van der Waals surface area contributed by atoms with E-state index < -0.39 is 10.8 Å². The van der Waals surface area contributed by atoms with Crippen molar-refractivity contribution >= 4 is 10.8 Å². The Bertz CT molecular complexity index is 160. The number of hydrogen-bond acceptors (Lipinski definition) is 2. The Morgan fingerprint density at radius 2 is 1.75 bits per heavy atom. The van der Waals surface area contributed by atoms with Crippen LogP contribution in [0.15, 0.2) is 0 Å². The average molecular weight is 191 g/mol. The van der Waals surface area contributed by atoms with Gasteiger partial charge in [-0.2, -0.15) is 0 Å². The third kappa shape index (κ3) is 4.21. The summed E-state index contributed by atoms with van der Waals surface area (Å²) in [6.07, 6.45) is 0. The third-order valence-corrected chi connectivity index (χ3v) is 3.94. The fraction of sp³-hybridized carbons (Fsp3) is 1.00. The Balaban J connectivity index is 4.02. The summed E-state index contributed by atoms with van der Waals surface area (Å²) in [6, 6.07) is 0.0602. The van der Waals surface area contributed by atoms with Crippen LogP contribution < -0.4 is 5.73 Å². The monoisotopic (exact) mass is 191 g/mol. The summed E-state index contributed by atoms with van der Waals surface area (Å²) in [5.41, 5.74) is 5.82. The van der Waals surface area contributed by atoms with Crippen molar-refractivity contribution in [2.75, 3.05) is 5.75 Å². The first-order valence-corrected chi connectivity index (χ1v) is 5.71. The van der Waals surface area contributed by atoms with Crippen LogP contribution >= 0.6 is 0 Å². The Hall–Kier alpha value is 0.110. The van der Waals surface area contributed by atoms with E-state index in [9.17, 15) is 4.21 Å². The molecule has 2 atom stereocenters. The van der Waals surface area contributed by atoms with Gasteiger partial charge in [0.25, 0.3) is 0 Å². The molecule has 2 N–H and O–H groups in total. The van der Waals surface area contributed by atoms with Crippen LogP contribution in [-0.4, -0.2) is 20.8 Å². The number of rotatable bonds is 3. The van der Waals surface area contributed by atoms with Gasteiger partial charge in [0.1, 0.15) is 0 Å². The van der Waals surface area contributed by atoms with E-state index in [2.05, 4.69) is 13.8 Å². The lowest BCUT2D eigenvalue weighted by molar-refractivity contribution is 0.526. The van der Waals surface area contributed by atoms with E-state index in [0.717, 1.165) is 0 Å². The summed E-state index contributed by atoms with van der Waals surface area (Å²) in [5.74, 6) is 1.03. The second-order valence-corrected chi connectivity index (χ2v) is 6.78. The highest BCUT2D eigenvalue weighted by Crippen LogP contribution is 2.13. The molecular weight excluding hydrogens is 170 g/mol. The topological polar surface area (TPSA) is 43.1 Å². The molecule has 0 bridgehead atoms. The minimum atomic E-state index is -0.813. The number of hydrogen-bond donors (Lipinski definition) is 1. The maximum absolute atomic E-state index is 11.6. The zero-order valence-electron chi connectivity index (χ0n) is 8.76. The SMILES string of the molecule is CC(C)C(N)CS(=O)C(C)(C)C. The molecule has 0 spiro atoms. The standard InChI is InChI=1S/C9H21NOS/c1-7(2)8(10)6-12(11)9(3,4)5/h7-8H,6,10H2,1-5H3. The molecule has 0 amide bonds. The quantitative estimate of drug-likeness (QED) is 0.735. The lowest BCUT2D eigenvalue weighted by atomic mass is 10.1. The lowest BCUT2D eigenvalue weighted by Gasteiger charge is -2.22. The maximum Gasteiger partial charge on any atom is 0.0394 e. The van der Waals surface area contributed by atoms with Gasteiger partial charge in [0.2, 0.25) is 0 Å². The highest BCUT2D eigenvalue weighted by Gasteiger charge is 2.22. The van der Waals surface area contributed by atoms with Gasteiger partial charge >= 0.3 is 0 Å². The van der Waals surface area contributed by atoms with Crippen molar-refractivity contribution < 1.29 is 4.21 Å². The van der Waals surface area contributed by atoms with Crippen LogP contribution in [0.5, 0.6) is 0 Å². The highest BCUT2D eigenvalue weighted by atomic mass is 32.2. The fourth-order valence-corrected chi connectivity index (χ4v) is 1.85. The van der Waals surface area contributed by atoms with E-state index >= 15 is 0 Å². The first kappa shape index (κ1) is 12.1. The molecule has 3 heteroatoms. The van der Waals surface area contributed by atoms with Gasteiger partial charge in [-0.25, -0.2) is 0 Å². The molecule has 0 aliphatic rings. The van der Waals surface area contributed by atoms with Gasteiger partial charge in [0.05, 0.1) is 0 Å². The van der Waals surface area contributed by atoms with Gasteiger partial charge in [-0.3, -0.25) is 4.21 Å². The first-order chi connectivity index (χ1) is 5.25.